The molecule has 1 aromatic rings. The number of hydrogen-bond donors (Lipinski definition) is 1. The number of Topliss-reactive ketones (excluding diaryl/α,β-unsaturated/α-hetero) is 2. The zero-order valence-electron chi connectivity index (χ0n) is 10.8. The summed E-state index contributed by atoms with van der Waals surface area (Å²) in [5.41, 5.74) is 0.133. The molecule has 1 unspecified atom stereocenters. The Hall–Kier alpha value is -1.94. The highest BCUT2D eigenvalue weighted by Gasteiger charge is 2.44. The number of aliphatic hydroxyl groups excluding tert-OH is 1. The number of rotatable bonds is 0. The van der Waals surface area contributed by atoms with Gasteiger partial charge in [-0.15, -0.1) is 0 Å². The minimum absolute atomic E-state index is 0. The summed E-state index contributed by atoms with van der Waals surface area (Å²) < 4.78 is 5.64. The van der Waals surface area contributed by atoms with E-state index in [2.05, 4.69) is 0 Å². The molecular formula is C16H18O4. The van der Waals surface area contributed by atoms with E-state index in [0.717, 1.165) is 0 Å². The Balaban J connectivity index is 0.00000147. The van der Waals surface area contributed by atoms with Crippen molar-refractivity contribution in [1.29, 1.82) is 0 Å². The maximum absolute atomic E-state index is 12.4. The Bertz CT molecular complexity index is 625. The fourth-order valence-electron chi connectivity index (χ4n) is 2.66. The predicted molar refractivity (Wildman–Crippen MR) is 74.6 cm³/mol. The topological polar surface area (TPSA) is 63.6 Å². The van der Waals surface area contributed by atoms with Crippen molar-refractivity contribution in [2.75, 3.05) is 0 Å². The van der Waals surface area contributed by atoms with E-state index in [1.54, 1.807) is 38.1 Å². The van der Waals surface area contributed by atoms with Gasteiger partial charge in [0, 0.05) is 17.5 Å². The third-order valence-corrected chi connectivity index (χ3v) is 3.51. The van der Waals surface area contributed by atoms with E-state index in [9.17, 15) is 14.7 Å². The highest BCUT2D eigenvalue weighted by molar-refractivity contribution is 6.26. The normalized spacial score (nSPS) is 23.4. The Morgan fingerprint density at radius 1 is 1.15 bits per heavy atom. The molecule has 4 heteroatoms. The molecular weight excluding hydrogens is 256 g/mol. The molecule has 1 aliphatic heterocycles. The summed E-state index contributed by atoms with van der Waals surface area (Å²) in [6.07, 6.45) is -0.656. The van der Waals surface area contributed by atoms with Crippen molar-refractivity contribution in [3.63, 3.8) is 0 Å². The molecule has 1 aromatic carbocycles. The molecule has 0 spiro atoms. The highest BCUT2D eigenvalue weighted by Crippen LogP contribution is 2.38. The molecule has 0 fully saturated rings. The van der Waals surface area contributed by atoms with Crippen LogP contribution in [0, 0.1) is 0 Å². The van der Waals surface area contributed by atoms with Crippen LogP contribution in [0.2, 0.25) is 0 Å². The van der Waals surface area contributed by atoms with Crippen molar-refractivity contribution in [1.82, 2.24) is 0 Å². The molecule has 0 amide bonds. The third kappa shape index (κ3) is 1.96. The molecule has 4 nitrogen and oxygen atoms in total. The van der Waals surface area contributed by atoms with E-state index < -0.39 is 11.7 Å². The standard InChI is InChI=1S/C15H14O4.CH4/c1-15(2)7-10(16)11-12(17)8-5-3-4-6-9(8)13(18)14(11)19-15;/h3-6,10,16H,7H2,1-2H3;1H4. The van der Waals surface area contributed by atoms with Gasteiger partial charge in [0.15, 0.2) is 11.5 Å². The first-order valence-corrected chi connectivity index (χ1v) is 6.20. The van der Waals surface area contributed by atoms with Gasteiger partial charge in [-0.3, -0.25) is 9.59 Å². The maximum atomic E-state index is 12.4. The molecule has 0 aromatic heterocycles. The van der Waals surface area contributed by atoms with E-state index >= 15 is 0 Å². The van der Waals surface area contributed by atoms with Crippen LogP contribution < -0.4 is 0 Å². The predicted octanol–water partition coefficient (Wildman–Crippen LogP) is 2.52. The summed E-state index contributed by atoms with van der Waals surface area (Å²) in [5, 5.41) is 10.1. The molecule has 0 bridgehead atoms. The van der Waals surface area contributed by atoms with Crippen molar-refractivity contribution in [3.05, 3.63) is 46.7 Å². The molecule has 20 heavy (non-hydrogen) atoms. The number of aliphatic hydroxyl groups is 1. The van der Waals surface area contributed by atoms with Crippen LogP contribution in [0.5, 0.6) is 0 Å². The zero-order chi connectivity index (χ0) is 13.8. The first kappa shape index (κ1) is 14.5. The second-order valence-electron chi connectivity index (χ2n) is 5.53. The largest absolute Gasteiger partial charge is 0.483 e. The van der Waals surface area contributed by atoms with Crippen LogP contribution in [0.1, 0.15) is 48.4 Å². The van der Waals surface area contributed by atoms with Crippen LogP contribution in [0.3, 0.4) is 0 Å². The first-order valence-electron chi connectivity index (χ1n) is 6.20. The molecule has 1 atom stereocenters. The van der Waals surface area contributed by atoms with Crippen LogP contribution in [0.4, 0.5) is 0 Å². The second-order valence-corrected chi connectivity index (χ2v) is 5.53. The fraction of sp³-hybridized carbons (Fsp3) is 0.375. The SMILES string of the molecule is C.CC1(C)CC(O)C2=C(O1)C(=O)c1ccccc1C2=O. The van der Waals surface area contributed by atoms with Gasteiger partial charge in [-0.05, 0) is 13.8 Å². The summed E-state index contributed by atoms with van der Waals surface area (Å²) in [5.74, 6) is -0.627. The van der Waals surface area contributed by atoms with Crippen molar-refractivity contribution >= 4 is 11.6 Å². The number of ether oxygens (including phenoxy) is 1. The van der Waals surface area contributed by atoms with Gasteiger partial charge in [0.05, 0.1) is 11.7 Å². The van der Waals surface area contributed by atoms with Crippen molar-refractivity contribution < 1.29 is 19.4 Å². The Kier molecular flexibility index (Phi) is 3.30. The van der Waals surface area contributed by atoms with Gasteiger partial charge in [0.1, 0.15) is 5.60 Å². The summed E-state index contributed by atoms with van der Waals surface area (Å²) in [4.78, 5) is 24.8. The van der Waals surface area contributed by atoms with Gasteiger partial charge in [-0.25, -0.2) is 0 Å². The zero-order valence-corrected chi connectivity index (χ0v) is 10.8. The molecule has 1 N–H and O–H groups in total. The number of benzene rings is 1. The van der Waals surface area contributed by atoms with Crippen LogP contribution in [-0.4, -0.2) is 28.4 Å². The minimum atomic E-state index is -0.955. The van der Waals surface area contributed by atoms with Crippen molar-refractivity contribution in [2.24, 2.45) is 0 Å². The van der Waals surface area contributed by atoms with Crippen LogP contribution in [0.15, 0.2) is 35.6 Å². The van der Waals surface area contributed by atoms with Crippen LogP contribution >= 0.6 is 0 Å². The molecule has 3 rings (SSSR count). The lowest BCUT2D eigenvalue weighted by molar-refractivity contribution is -0.0249. The lowest BCUT2D eigenvalue weighted by atomic mass is 9.81. The molecule has 0 radical (unpaired) electrons. The van der Waals surface area contributed by atoms with Gasteiger partial charge in [-0.1, -0.05) is 31.7 Å². The van der Waals surface area contributed by atoms with Gasteiger partial charge in [0.2, 0.25) is 5.78 Å². The molecule has 1 heterocycles. The lowest BCUT2D eigenvalue weighted by Crippen LogP contribution is -2.42. The smallest absolute Gasteiger partial charge is 0.228 e. The van der Waals surface area contributed by atoms with Crippen LogP contribution in [-0.2, 0) is 4.74 Å². The number of fused-ring (bicyclic) bond motifs is 1. The van der Waals surface area contributed by atoms with Crippen molar-refractivity contribution in [2.45, 2.75) is 39.4 Å². The number of hydrogen-bond acceptors (Lipinski definition) is 4. The number of allylic oxidation sites excluding steroid dienone is 1. The lowest BCUT2D eigenvalue weighted by Gasteiger charge is -2.37. The number of carbonyl (C=O) groups is 2. The van der Waals surface area contributed by atoms with Gasteiger partial charge in [0.25, 0.3) is 0 Å². The summed E-state index contributed by atoms with van der Waals surface area (Å²) in [6, 6.07) is 6.62. The van der Waals surface area contributed by atoms with Gasteiger partial charge >= 0.3 is 0 Å². The van der Waals surface area contributed by atoms with E-state index in [1.807, 2.05) is 0 Å². The van der Waals surface area contributed by atoms with Gasteiger partial charge in [-0.2, -0.15) is 0 Å². The molecule has 0 saturated heterocycles. The van der Waals surface area contributed by atoms with E-state index in [-0.39, 0.29) is 30.3 Å². The molecule has 1 aliphatic carbocycles. The van der Waals surface area contributed by atoms with Crippen molar-refractivity contribution in [3.8, 4) is 0 Å². The van der Waals surface area contributed by atoms with E-state index in [0.29, 0.717) is 17.5 Å². The Morgan fingerprint density at radius 2 is 1.70 bits per heavy atom. The minimum Gasteiger partial charge on any atom is -0.483 e. The molecule has 0 saturated carbocycles. The third-order valence-electron chi connectivity index (χ3n) is 3.51. The average molecular weight is 274 g/mol. The quantitative estimate of drug-likeness (QED) is 0.789. The Labute approximate surface area is 118 Å². The molecule has 106 valence electrons. The average Bonchev–Trinajstić information content (AvgIpc) is 2.34. The van der Waals surface area contributed by atoms with E-state index in [1.165, 1.54) is 0 Å². The summed E-state index contributed by atoms with van der Waals surface area (Å²) >= 11 is 0. The Morgan fingerprint density at radius 3 is 2.30 bits per heavy atom. The second kappa shape index (κ2) is 4.56. The fourth-order valence-corrected chi connectivity index (χ4v) is 2.66. The highest BCUT2D eigenvalue weighted by atomic mass is 16.5. The van der Waals surface area contributed by atoms with Gasteiger partial charge < -0.3 is 9.84 Å². The first-order chi connectivity index (χ1) is 8.91. The van der Waals surface area contributed by atoms with Crippen LogP contribution in [0.25, 0.3) is 0 Å². The number of ketones is 2. The monoisotopic (exact) mass is 274 g/mol. The maximum Gasteiger partial charge on any atom is 0.228 e. The van der Waals surface area contributed by atoms with E-state index in [4.69, 9.17) is 4.74 Å². The summed E-state index contributed by atoms with van der Waals surface area (Å²) in [6.45, 7) is 3.58. The molecule has 2 aliphatic rings. The summed E-state index contributed by atoms with van der Waals surface area (Å²) in [7, 11) is 0. The number of carbonyl (C=O) groups excluding carboxylic acids is 2.